The van der Waals surface area contributed by atoms with Gasteiger partial charge in [-0.2, -0.15) is 0 Å². The Kier molecular flexibility index (Phi) is 5.03. The van der Waals surface area contributed by atoms with Crippen LogP contribution in [0.2, 0.25) is 0 Å². The molecule has 0 bridgehead atoms. The molecular formula is C14H18FNO3. The molecule has 0 aliphatic heterocycles. The minimum absolute atomic E-state index is 0.0562. The minimum Gasteiger partial charge on any atom is -0.467 e. The van der Waals surface area contributed by atoms with Crippen LogP contribution >= 0.6 is 0 Å². The zero-order valence-corrected chi connectivity index (χ0v) is 11.5. The molecule has 1 rings (SSSR count). The topological polar surface area (TPSA) is 55.4 Å². The molecule has 0 radical (unpaired) electrons. The Morgan fingerprint density at radius 1 is 1.32 bits per heavy atom. The van der Waals surface area contributed by atoms with Gasteiger partial charge in [0.25, 0.3) is 0 Å². The molecule has 0 aromatic heterocycles. The van der Waals surface area contributed by atoms with Crippen LogP contribution in [0.3, 0.4) is 0 Å². The maximum atomic E-state index is 13.8. The second kappa shape index (κ2) is 6.31. The molecule has 1 N–H and O–H groups in total. The molecule has 5 heteroatoms. The molecule has 1 unspecified atom stereocenters. The van der Waals surface area contributed by atoms with E-state index in [1.807, 2.05) is 13.8 Å². The van der Waals surface area contributed by atoms with Crippen LogP contribution in [0.1, 0.15) is 31.1 Å². The van der Waals surface area contributed by atoms with Crippen LogP contribution in [-0.4, -0.2) is 24.9 Å². The fourth-order valence-corrected chi connectivity index (χ4v) is 1.64. The van der Waals surface area contributed by atoms with Crippen LogP contribution in [-0.2, 0) is 9.53 Å². The summed E-state index contributed by atoms with van der Waals surface area (Å²) in [5.41, 5.74) is 0.469. The largest absolute Gasteiger partial charge is 0.467 e. The highest BCUT2D eigenvalue weighted by Gasteiger charge is 2.23. The number of methoxy groups -OCH3 is 1. The summed E-state index contributed by atoms with van der Waals surface area (Å²) in [7, 11) is 1.29. The minimum atomic E-state index is -0.636. The standard InChI is InChI=1S/C14H18FNO3/c1-8(2)13(14(18)19-4)16-12-6-5-10(9(3)17)7-11(12)15/h5-8,13,16H,1-4H3. The second-order valence-electron chi connectivity index (χ2n) is 4.64. The number of esters is 1. The lowest BCUT2D eigenvalue weighted by Gasteiger charge is -2.21. The van der Waals surface area contributed by atoms with Crippen LogP contribution in [0.25, 0.3) is 0 Å². The van der Waals surface area contributed by atoms with Gasteiger partial charge < -0.3 is 10.1 Å². The number of carbonyl (C=O) groups excluding carboxylic acids is 2. The molecule has 0 fully saturated rings. The van der Waals surface area contributed by atoms with E-state index in [1.54, 1.807) is 0 Å². The molecule has 0 heterocycles. The van der Waals surface area contributed by atoms with Crippen molar-refractivity contribution in [2.45, 2.75) is 26.8 Å². The molecule has 0 saturated heterocycles. The molecule has 19 heavy (non-hydrogen) atoms. The molecule has 4 nitrogen and oxygen atoms in total. The average molecular weight is 267 g/mol. The van der Waals surface area contributed by atoms with Gasteiger partial charge in [0.05, 0.1) is 12.8 Å². The zero-order chi connectivity index (χ0) is 14.6. The van der Waals surface area contributed by atoms with Gasteiger partial charge in [-0.25, -0.2) is 9.18 Å². The van der Waals surface area contributed by atoms with Crippen LogP contribution in [0.15, 0.2) is 18.2 Å². The Bertz CT molecular complexity index is 486. The molecule has 1 aromatic rings. The summed E-state index contributed by atoms with van der Waals surface area (Å²) >= 11 is 0. The summed E-state index contributed by atoms with van der Waals surface area (Å²) in [5.74, 6) is -1.29. The lowest BCUT2D eigenvalue weighted by molar-refractivity contribution is -0.142. The number of halogens is 1. The number of hydrogen-bond acceptors (Lipinski definition) is 4. The third kappa shape index (κ3) is 3.77. The van der Waals surface area contributed by atoms with Crippen LogP contribution < -0.4 is 5.32 Å². The number of Topliss-reactive ketones (excluding diaryl/α,β-unsaturated/α-hetero) is 1. The van der Waals surface area contributed by atoms with Gasteiger partial charge in [-0.3, -0.25) is 4.79 Å². The Balaban J connectivity index is 2.97. The number of ketones is 1. The van der Waals surface area contributed by atoms with Gasteiger partial charge in [0.1, 0.15) is 11.9 Å². The summed E-state index contributed by atoms with van der Waals surface area (Å²) in [6.07, 6.45) is 0. The first-order valence-corrected chi connectivity index (χ1v) is 6.01. The van der Waals surface area contributed by atoms with Gasteiger partial charge in [-0.15, -0.1) is 0 Å². The zero-order valence-electron chi connectivity index (χ0n) is 11.5. The fourth-order valence-electron chi connectivity index (χ4n) is 1.64. The molecule has 104 valence electrons. The highest BCUT2D eigenvalue weighted by atomic mass is 19.1. The lowest BCUT2D eigenvalue weighted by Crippen LogP contribution is -2.35. The summed E-state index contributed by atoms with van der Waals surface area (Å²) in [6, 6.07) is 3.48. The van der Waals surface area contributed by atoms with Crippen molar-refractivity contribution in [3.8, 4) is 0 Å². The van der Waals surface area contributed by atoms with Crippen LogP contribution in [0.5, 0.6) is 0 Å². The first-order chi connectivity index (χ1) is 8.86. The Morgan fingerprint density at radius 2 is 1.95 bits per heavy atom. The van der Waals surface area contributed by atoms with Gasteiger partial charge in [-0.1, -0.05) is 13.8 Å². The molecule has 0 aliphatic rings. The number of hydrogen-bond donors (Lipinski definition) is 1. The molecule has 0 aliphatic carbocycles. The van der Waals surface area contributed by atoms with Crippen molar-refractivity contribution in [1.29, 1.82) is 0 Å². The van der Waals surface area contributed by atoms with Crippen molar-refractivity contribution in [3.05, 3.63) is 29.6 Å². The van der Waals surface area contributed by atoms with Crippen molar-refractivity contribution in [1.82, 2.24) is 0 Å². The first kappa shape index (κ1) is 15.1. The Morgan fingerprint density at radius 3 is 2.37 bits per heavy atom. The number of carbonyl (C=O) groups is 2. The van der Waals surface area contributed by atoms with Gasteiger partial charge in [0.2, 0.25) is 0 Å². The second-order valence-corrected chi connectivity index (χ2v) is 4.64. The van der Waals surface area contributed by atoms with E-state index < -0.39 is 17.8 Å². The summed E-state index contributed by atoms with van der Waals surface area (Å²) in [4.78, 5) is 22.7. The Hall–Kier alpha value is -1.91. The molecule has 0 amide bonds. The number of nitrogens with one attached hydrogen (secondary N) is 1. The highest BCUT2D eigenvalue weighted by molar-refractivity contribution is 5.94. The molecular weight excluding hydrogens is 249 g/mol. The summed E-state index contributed by atoms with van der Waals surface area (Å²) < 4.78 is 18.5. The smallest absolute Gasteiger partial charge is 0.328 e. The number of ether oxygens (including phenoxy) is 1. The number of anilines is 1. The fraction of sp³-hybridized carbons (Fsp3) is 0.429. The van der Waals surface area contributed by atoms with E-state index in [4.69, 9.17) is 0 Å². The molecule has 1 atom stereocenters. The quantitative estimate of drug-likeness (QED) is 0.658. The van der Waals surface area contributed by atoms with Gasteiger partial charge in [0, 0.05) is 5.56 Å². The average Bonchev–Trinajstić information content (AvgIpc) is 2.35. The van der Waals surface area contributed by atoms with Crippen molar-refractivity contribution in [2.24, 2.45) is 5.92 Å². The predicted molar refractivity (Wildman–Crippen MR) is 70.7 cm³/mol. The van der Waals surface area contributed by atoms with E-state index >= 15 is 0 Å². The monoisotopic (exact) mass is 267 g/mol. The van der Waals surface area contributed by atoms with Crippen molar-refractivity contribution in [2.75, 3.05) is 12.4 Å². The summed E-state index contributed by atoms with van der Waals surface area (Å²) in [5, 5.41) is 2.80. The van der Waals surface area contributed by atoms with Crippen molar-refractivity contribution < 1.29 is 18.7 Å². The van der Waals surface area contributed by atoms with Crippen LogP contribution in [0, 0.1) is 11.7 Å². The van der Waals surface area contributed by atoms with E-state index in [0.29, 0.717) is 5.56 Å². The van der Waals surface area contributed by atoms with E-state index in [1.165, 1.54) is 26.2 Å². The number of rotatable bonds is 5. The van der Waals surface area contributed by atoms with E-state index in [0.717, 1.165) is 6.07 Å². The summed E-state index contributed by atoms with van der Waals surface area (Å²) in [6.45, 7) is 5.03. The van der Waals surface area contributed by atoms with Gasteiger partial charge in [0.15, 0.2) is 5.78 Å². The van der Waals surface area contributed by atoms with Crippen LogP contribution in [0.4, 0.5) is 10.1 Å². The number of benzene rings is 1. The van der Waals surface area contributed by atoms with E-state index in [2.05, 4.69) is 10.1 Å². The van der Waals surface area contributed by atoms with E-state index in [9.17, 15) is 14.0 Å². The maximum Gasteiger partial charge on any atom is 0.328 e. The van der Waals surface area contributed by atoms with Crippen molar-refractivity contribution in [3.63, 3.8) is 0 Å². The first-order valence-electron chi connectivity index (χ1n) is 6.01. The Labute approximate surface area is 112 Å². The third-order valence-electron chi connectivity index (χ3n) is 2.81. The molecule has 1 aromatic carbocycles. The lowest BCUT2D eigenvalue weighted by atomic mass is 10.0. The predicted octanol–water partition coefficient (Wildman–Crippen LogP) is 2.64. The normalized spacial score (nSPS) is 12.1. The van der Waals surface area contributed by atoms with Crippen molar-refractivity contribution >= 4 is 17.4 Å². The maximum absolute atomic E-state index is 13.8. The third-order valence-corrected chi connectivity index (χ3v) is 2.81. The molecule has 0 saturated carbocycles. The van der Waals surface area contributed by atoms with Gasteiger partial charge in [-0.05, 0) is 31.0 Å². The van der Waals surface area contributed by atoms with E-state index in [-0.39, 0.29) is 17.4 Å². The molecule has 0 spiro atoms. The highest BCUT2D eigenvalue weighted by Crippen LogP contribution is 2.19. The van der Waals surface area contributed by atoms with Gasteiger partial charge >= 0.3 is 5.97 Å². The SMILES string of the molecule is COC(=O)C(Nc1ccc(C(C)=O)cc1F)C(C)C.